The van der Waals surface area contributed by atoms with Crippen molar-refractivity contribution in [2.24, 2.45) is 4.99 Å². The van der Waals surface area contributed by atoms with Crippen LogP contribution in [0.15, 0.2) is 38.6 Å². The standard InChI is InChI=1S/C16H18N4O3S/c1-11-9-17-16(24-11)20-6-4-19(5-7-20)15(21)13-14(23-10-18-13)12-3-2-8-22-12/h2-3,8,10-11H,4-7,9H2,1H3/t11-/m1/s1. The monoisotopic (exact) mass is 346 g/mol. The minimum atomic E-state index is -0.121. The highest BCUT2D eigenvalue weighted by molar-refractivity contribution is 8.14. The van der Waals surface area contributed by atoms with Crippen molar-refractivity contribution >= 4 is 22.8 Å². The van der Waals surface area contributed by atoms with Crippen LogP contribution in [0.5, 0.6) is 0 Å². The molecule has 2 aromatic rings. The zero-order chi connectivity index (χ0) is 16.5. The second-order valence-electron chi connectivity index (χ2n) is 5.84. The molecule has 24 heavy (non-hydrogen) atoms. The Morgan fingerprint density at radius 2 is 2.12 bits per heavy atom. The van der Waals surface area contributed by atoms with Gasteiger partial charge in [-0.25, -0.2) is 4.98 Å². The maximum absolute atomic E-state index is 12.8. The molecule has 0 aliphatic carbocycles. The van der Waals surface area contributed by atoms with E-state index < -0.39 is 0 Å². The first kappa shape index (κ1) is 15.3. The first-order chi connectivity index (χ1) is 11.7. The predicted molar refractivity (Wildman–Crippen MR) is 91.0 cm³/mol. The number of furan rings is 1. The third kappa shape index (κ3) is 2.82. The van der Waals surface area contributed by atoms with Crippen molar-refractivity contribution in [3.63, 3.8) is 0 Å². The molecule has 0 radical (unpaired) electrons. The SMILES string of the molecule is C[C@@H]1CN=C(N2CCN(C(=O)c3ncoc3-c3ccco3)CC2)S1. The van der Waals surface area contributed by atoms with Crippen LogP contribution in [0.25, 0.3) is 11.5 Å². The zero-order valence-corrected chi connectivity index (χ0v) is 14.2. The van der Waals surface area contributed by atoms with E-state index in [9.17, 15) is 4.79 Å². The molecule has 0 bridgehead atoms. The molecule has 2 aliphatic heterocycles. The number of piperazine rings is 1. The van der Waals surface area contributed by atoms with E-state index in [0.717, 1.165) is 24.8 Å². The van der Waals surface area contributed by atoms with Crippen molar-refractivity contribution < 1.29 is 13.6 Å². The van der Waals surface area contributed by atoms with Gasteiger partial charge in [0, 0.05) is 31.4 Å². The van der Waals surface area contributed by atoms with Crippen LogP contribution >= 0.6 is 11.8 Å². The fraction of sp³-hybridized carbons (Fsp3) is 0.438. The lowest BCUT2D eigenvalue weighted by molar-refractivity contribution is 0.0688. The number of aliphatic imine (C=N–C) groups is 1. The quantitative estimate of drug-likeness (QED) is 0.830. The minimum absolute atomic E-state index is 0.121. The summed E-state index contributed by atoms with van der Waals surface area (Å²) in [6, 6.07) is 3.51. The van der Waals surface area contributed by atoms with Crippen LogP contribution in [-0.4, -0.2) is 63.8 Å². The van der Waals surface area contributed by atoms with Gasteiger partial charge >= 0.3 is 0 Å². The van der Waals surface area contributed by atoms with Crippen molar-refractivity contribution in [3.05, 3.63) is 30.5 Å². The topological polar surface area (TPSA) is 75.1 Å². The van der Waals surface area contributed by atoms with Gasteiger partial charge in [-0.1, -0.05) is 18.7 Å². The summed E-state index contributed by atoms with van der Waals surface area (Å²) >= 11 is 1.81. The number of carbonyl (C=O) groups is 1. The lowest BCUT2D eigenvalue weighted by Crippen LogP contribution is -2.50. The molecule has 0 spiro atoms. The maximum Gasteiger partial charge on any atom is 0.276 e. The van der Waals surface area contributed by atoms with Gasteiger partial charge in [0.15, 0.2) is 23.0 Å². The van der Waals surface area contributed by atoms with Crippen LogP contribution < -0.4 is 0 Å². The molecule has 0 N–H and O–H groups in total. The molecular formula is C16H18N4O3S. The summed E-state index contributed by atoms with van der Waals surface area (Å²) in [5.41, 5.74) is 0.305. The van der Waals surface area contributed by atoms with E-state index in [4.69, 9.17) is 8.83 Å². The molecule has 1 saturated heterocycles. The van der Waals surface area contributed by atoms with Gasteiger partial charge in [0.1, 0.15) is 0 Å². The van der Waals surface area contributed by atoms with E-state index >= 15 is 0 Å². The van der Waals surface area contributed by atoms with Crippen molar-refractivity contribution in [2.45, 2.75) is 12.2 Å². The summed E-state index contributed by atoms with van der Waals surface area (Å²) in [6.45, 7) is 5.94. The van der Waals surface area contributed by atoms with Gasteiger partial charge < -0.3 is 18.6 Å². The molecule has 1 amide bonds. The van der Waals surface area contributed by atoms with Gasteiger partial charge in [-0.15, -0.1) is 0 Å². The Hall–Kier alpha value is -2.22. The molecule has 126 valence electrons. The Morgan fingerprint density at radius 3 is 2.79 bits per heavy atom. The Labute approximate surface area is 143 Å². The van der Waals surface area contributed by atoms with Gasteiger partial charge in [-0.05, 0) is 12.1 Å². The highest BCUT2D eigenvalue weighted by Crippen LogP contribution is 2.26. The number of carbonyl (C=O) groups excluding carboxylic acids is 1. The average molecular weight is 346 g/mol. The Morgan fingerprint density at radius 1 is 1.29 bits per heavy atom. The number of amidine groups is 1. The summed E-state index contributed by atoms with van der Waals surface area (Å²) in [5, 5.41) is 1.65. The molecule has 2 aromatic heterocycles. The van der Waals surface area contributed by atoms with Gasteiger partial charge in [-0.3, -0.25) is 9.79 Å². The Bertz CT molecular complexity index is 747. The van der Waals surface area contributed by atoms with Crippen molar-refractivity contribution in [1.29, 1.82) is 0 Å². The first-order valence-electron chi connectivity index (χ1n) is 7.95. The molecule has 1 fully saturated rings. The smallest absolute Gasteiger partial charge is 0.276 e. The minimum Gasteiger partial charge on any atom is -0.461 e. The van der Waals surface area contributed by atoms with Crippen LogP contribution in [0, 0.1) is 0 Å². The molecular weight excluding hydrogens is 328 g/mol. The third-order valence-corrected chi connectivity index (χ3v) is 5.29. The fourth-order valence-corrected chi connectivity index (χ4v) is 3.86. The average Bonchev–Trinajstić information content (AvgIpc) is 3.35. The predicted octanol–water partition coefficient (Wildman–Crippen LogP) is 2.18. The van der Waals surface area contributed by atoms with Crippen LogP contribution in [0.3, 0.4) is 0 Å². The lowest BCUT2D eigenvalue weighted by atomic mass is 10.2. The number of oxazole rings is 1. The second-order valence-corrected chi connectivity index (χ2v) is 7.24. The van der Waals surface area contributed by atoms with Crippen molar-refractivity contribution in [3.8, 4) is 11.5 Å². The van der Waals surface area contributed by atoms with Crippen LogP contribution in [0.2, 0.25) is 0 Å². The number of nitrogens with zero attached hydrogens (tertiary/aromatic N) is 4. The fourth-order valence-electron chi connectivity index (χ4n) is 2.87. The van der Waals surface area contributed by atoms with Gasteiger partial charge in [-0.2, -0.15) is 0 Å². The first-order valence-corrected chi connectivity index (χ1v) is 8.83. The van der Waals surface area contributed by atoms with Gasteiger partial charge in [0.25, 0.3) is 5.91 Å². The Kier molecular flexibility index (Phi) is 4.05. The van der Waals surface area contributed by atoms with E-state index in [1.807, 2.05) is 16.7 Å². The number of hydrogen-bond acceptors (Lipinski definition) is 7. The number of amides is 1. The van der Waals surface area contributed by atoms with Crippen molar-refractivity contribution in [1.82, 2.24) is 14.8 Å². The largest absolute Gasteiger partial charge is 0.461 e. The zero-order valence-electron chi connectivity index (χ0n) is 13.3. The number of aromatic nitrogens is 1. The third-order valence-electron chi connectivity index (χ3n) is 4.14. The van der Waals surface area contributed by atoms with E-state index in [-0.39, 0.29) is 5.91 Å². The number of hydrogen-bond donors (Lipinski definition) is 0. The van der Waals surface area contributed by atoms with E-state index in [2.05, 4.69) is 21.8 Å². The van der Waals surface area contributed by atoms with Crippen LogP contribution in [0.1, 0.15) is 17.4 Å². The number of thioether (sulfide) groups is 1. The summed E-state index contributed by atoms with van der Waals surface area (Å²) < 4.78 is 10.7. The molecule has 0 unspecified atom stereocenters. The summed E-state index contributed by atoms with van der Waals surface area (Å²) in [5.74, 6) is 0.779. The molecule has 0 aromatic carbocycles. The van der Waals surface area contributed by atoms with Crippen molar-refractivity contribution in [2.75, 3.05) is 32.7 Å². The maximum atomic E-state index is 12.8. The summed E-state index contributed by atoms with van der Waals surface area (Å²) in [6.07, 6.45) is 2.83. The molecule has 0 saturated carbocycles. The highest BCUT2D eigenvalue weighted by atomic mass is 32.2. The molecule has 7 nitrogen and oxygen atoms in total. The molecule has 4 rings (SSSR count). The molecule has 4 heterocycles. The van der Waals surface area contributed by atoms with E-state index in [0.29, 0.717) is 35.6 Å². The highest BCUT2D eigenvalue weighted by Gasteiger charge is 2.30. The molecule has 1 atom stereocenters. The second kappa shape index (κ2) is 6.35. The van der Waals surface area contributed by atoms with Crippen LogP contribution in [0.4, 0.5) is 0 Å². The molecule has 2 aliphatic rings. The molecule has 8 heteroatoms. The van der Waals surface area contributed by atoms with E-state index in [1.54, 1.807) is 18.4 Å². The number of rotatable bonds is 2. The van der Waals surface area contributed by atoms with Gasteiger partial charge in [0.2, 0.25) is 5.76 Å². The summed E-state index contributed by atoms with van der Waals surface area (Å²) in [7, 11) is 0. The Balaban J connectivity index is 1.43. The normalized spacial score (nSPS) is 21.2. The summed E-state index contributed by atoms with van der Waals surface area (Å²) in [4.78, 5) is 25.5. The van der Waals surface area contributed by atoms with Gasteiger partial charge in [0.05, 0.1) is 12.8 Å². The van der Waals surface area contributed by atoms with E-state index in [1.165, 1.54) is 6.39 Å². The lowest BCUT2D eigenvalue weighted by Gasteiger charge is -2.35. The van der Waals surface area contributed by atoms with Crippen LogP contribution in [-0.2, 0) is 0 Å².